The van der Waals surface area contributed by atoms with Gasteiger partial charge in [0.2, 0.25) is 5.91 Å². The van der Waals surface area contributed by atoms with Crippen LogP contribution in [0, 0.1) is 0 Å². The summed E-state index contributed by atoms with van der Waals surface area (Å²) in [6.07, 6.45) is 0. The van der Waals surface area contributed by atoms with E-state index in [9.17, 15) is 4.79 Å². The molecule has 1 amide bonds. The highest BCUT2D eigenvalue weighted by molar-refractivity contribution is 9.10. The van der Waals surface area contributed by atoms with Crippen molar-refractivity contribution in [3.05, 3.63) is 52.5 Å². The number of rotatable bonds is 5. The van der Waals surface area contributed by atoms with E-state index in [1.165, 1.54) is 0 Å². The van der Waals surface area contributed by atoms with Gasteiger partial charge in [-0.15, -0.1) is 5.10 Å². The van der Waals surface area contributed by atoms with Gasteiger partial charge in [-0.3, -0.25) is 4.79 Å². The van der Waals surface area contributed by atoms with Crippen LogP contribution >= 0.6 is 15.9 Å². The van der Waals surface area contributed by atoms with Crippen LogP contribution in [0.4, 0.5) is 0 Å². The molecule has 3 rings (SSSR count). The summed E-state index contributed by atoms with van der Waals surface area (Å²) < 4.78 is 7.92. The van der Waals surface area contributed by atoms with E-state index >= 15 is 0 Å². The van der Waals surface area contributed by atoms with Gasteiger partial charge in [0.05, 0.1) is 12.6 Å². The molecule has 0 aliphatic rings. The fraction of sp³-hybridized carbons (Fsp3) is 0.235. The number of methoxy groups -OCH3 is 1. The van der Waals surface area contributed by atoms with Crippen LogP contribution in [0.25, 0.3) is 11.0 Å². The van der Waals surface area contributed by atoms with Gasteiger partial charge in [-0.2, -0.15) is 0 Å². The maximum Gasteiger partial charge on any atom is 0.244 e. The lowest BCUT2D eigenvalue weighted by Gasteiger charge is -2.19. The molecule has 0 spiro atoms. The number of ether oxygens (including phenoxy) is 1. The normalized spacial score (nSPS) is 10.8. The third kappa shape index (κ3) is 3.41. The van der Waals surface area contributed by atoms with Gasteiger partial charge >= 0.3 is 0 Å². The molecule has 0 aliphatic carbocycles. The maximum absolute atomic E-state index is 12.5. The summed E-state index contributed by atoms with van der Waals surface area (Å²) in [7, 11) is 3.39. The largest absolute Gasteiger partial charge is 0.496 e. The van der Waals surface area contributed by atoms with E-state index in [2.05, 4.69) is 26.2 Å². The van der Waals surface area contributed by atoms with Crippen molar-refractivity contribution < 1.29 is 9.53 Å². The molecule has 6 nitrogen and oxygen atoms in total. The molecule has 2 aromatic carbocycles. The molecule has 24 heavy (non-hydrogen) atoms. The van der Waals surface area contributed by atoms with Crippen LogP contribution in [0.5, 0.6) is 5.75 Å². The van der Waals surface area contributed by atoms with Crippen LogP contribution in [0.2, 0.25) is 0 Å². The lowest BCUT2D eigenvalue weighted by Crippen LogP contribution is -2.30. The minimum absolute atomic E-state index is 0.0484. The fourth-order valence-electron chi connectivity index (χ4n) is 2.50. The second-order valence-electron chi connectivity index (χ2n) is 5.44. The Morgan fingerprint density at radius 3 is 2.88 bits per heavy atom. The Hall–Kier alpha value is -2.41. The molecule has 0 saturated carbocycles. The summed E-state index contributed by atoms with van der Waals surface area (Å²) in [6, 6.07) is 13.3. The number of hydrogen-bond donors (Lipinski definition) is 0. The number of hydrogen-bond acceptors (Lipinski definition) is 4. The maximum atomic E-state index is 12.5. The quantitative estimate of drug-likeness (QED) is 0.674. The number of likely N-dealkylation sites (N-methyl/N-ethyl adjacent to an activating group) is 1. The lowest BCUT2D eigenvalue weighted by molar-refractivity contribution is -0.131. The number of amides is 1. The second kappa shape index (κ2) is 7.00. The Labute approximate surface area is 148 Å². The van der Waals surface area contributed by atoms with Crippen LogP contribution in [0.15, 0.2) is 46.9 Å². The summed E-state index contributed by atoms with van der Waals surface area (Å²) in [5.41, 5.74) is 2.56. The molecule has 7 heteroatoms. The Morgan fingerprint density at radius 1 is 1.29 bits per heavy atom. The monoisotopic (exact) mass is 388 g/mol. The van der Waals surface area contributed by atoms with E-state index < -0.39 is 0 Å². The van der Waals surface area contributed by atoms with Gasteiger partial charge in [-0.25, -0.2) is 4.68 Å². The van der Waals surface area contributed by atoms with Gasteiger partial charge in [0.15, 0.2) is 0 Å². The molecule has 0 N–H and O–H groups in total. The van der Waals surface area contributed by atoms with Crippen LogP contribution in [0.3, 0.4) is 0 Å². The summed E-state index contributed by atoms with van der Waals surface area (Å²) in [5, 5.41) is 8.13. The molecule has 0 bridgehead atoms. The Balaban J connectivity index is 1.74. The molecule has 1 heterocycles. The van der Waals surface area contributed by atoms with Crippen molar-refractivity contribution in [2.75, 3.05) is 14.2 Å². The van der Waals surface area contributed by atoms with Crippen molar-refractivity contribution in [2.45, 2.75) is 13.1 Å². The van der Waals surface area contributed by atoms with Crippen LogP contribution < -0.4 is 4.74 Å². The van der Waals surface area contributed by atoms with Crippen molar-refractivity contribution in [3.8, 4) is 5.75 Å². The van der Waals surface area contributed by atoms with Crippen molar-refractivity contribution in [3.63, 3.8) is 0 Å². The molecule has 0 aliphatic heterocycles. The van der Waals surface area contributed by atoms with Gasteiger partial charge in [0.25, 0.3) is 0 Å². The van der Waals surface area contributed by atoms with Crippen molar-refractivity contribution in [1.82, 2.24) is 19.9 Å². The van der Waals surface area contributed by atoms with Crippen molar-refractivity contribution in [2.24, 2.45) is 0 Å². The van der Waals surface area contributed by atoms with E-state index in [4.69, 9.17) is 4.74 Å². The van der Waals surface area contributed by atoms with E-state index in [0.717, 1.165) is 26.8 Å². The number of nitrogens with zero attached hydrogens (tertiary/aromatic N) is 4. The molecule has 0 fully saturated rings. The zero-order valence-electron chi connectivity index (χ0n) is 13.4. The molecular formula is C17H17BrN4O2. The SMILES string of the molecule is COc1ccc(Br)cc1CN(C)C(=O)Cn1nnc2ccccc21. The first-order valence-electron chi connectivity index (χ1n) is 7.43. The zero-order valence-corrected chi connectivity index (χ0v) is 15.0. The van der Waals surface area contributed by atoms with Gasteiger partial charge in [0.1, 0.15) is 17.8 Å². The topological polar surface area (TPSA) is 60.2 Å². The first kappa shape index (κ1) is 16.4. The first-order chi connectivity index (χ1) is 11.6. The molecule has 124 valence electrons. The summed E-state index contributed by atoms with van der Waals surface area (Å²) in [5.74, 6) is 0.705. The number of carbonyl (C=O) groups is 1. The van der Waals surface area contributed by atoms with Gasteiger partial charge in [-0.1, -0.05) is 33.3 Å². The number of para-hydroxylation sites is 1. The minimum Gasteiger partial charge on any atom is -0.496 e. The Bertz CT molecular complexity index is 878. The van der Waals surface area contributed by atoms with Crippen LogP contribution in [-0.4, -0.2) is 40.0 Å². The third-order valence-electron chi connectivity index (χ3n) is 3.78. The average Bonchev–Trinajstić information content (AvgIpc) is 2.98. The number of aromatic nitrogens is 3. The summed E-state index contributed by atoms with van der Waals surface area (Å²) >= 11 is 3.45. The highest BCUT2D eigenvalue weighted by Crippen LogP contribution is 2.24. The van der Waals surface area contributed by atoms with Gasteiger partial charge in [0, 0.05) is 23.6 Å². The smallest absolute Gasteiger partial charge is 0.244 e. The highest BCUT2D eigenvalue weighted by atomic mass is 79.9. The first-order valence-corrected chi connectivity index (χ1v) is 8.22. The lowest BCUT2D eigenvalue weighted by atomic mass is 10.2. The summed E-state index contributed by atoms with van der Waals surface area (Å²) in [6.45, 7) is 0.599. The summed E-state index contributed by atoms with van der Waals surface area (Å²) in [4.78, 5) is 14.2. The van der Waals surface area contributed by atoms with Crippen LogP contribution in [0.1, 0.15) is 5.56 Å². The molecular weight excluding hydrogens is 372 g/mol. The standard InChI is InChI=1S/C17H17BrN4O2/c1-21(10-12-9-13(18)7-8-16(12)24-2)17(23)11-22-15-6-4-3-5-14(15)19-20-22/h3-9H,10-11H2,1-2H3. The zero-order chi connectivity index (χ0) is 17.1. The van der Waals surface area contributed by atoms with Crippen LogP contribution in [-0.2, 0) is 17.9 Å². The van der Waals surface area contributed by atoms with E-state index in [0.29, 0.717) is 6.54 Å². The Kier molecular flexibility index (Phi) is 4.80. The predicted octanol–water partition coefficient (Wildman–Crippen LogP) is 2.86. The highest BCUT2D eigenvalue weighted by Gasteiger charge is 2.15. The second-order valence-corrected chi connectivity index (χ2v) is 6.36. The molecule has 0 radical (unpaired) electrons. The average molecular weight is 389 g/mol. The molecule has 0 atom stereocenters. The van der Waals surface area contributed by atoms with Gasteiger partial charge in [-0.05, 0) is 30.3 Å². The predicted molar refractivity (Wildman–Crippen MR) is 94.7 cm³/mol. The molecule has 0 saturated heterocycles. The Morgan fingerprint density at radius 2 is 2.08 bits per heavy atom. The minimum atomic E-state index is -0.0484. The molecule has 3 aromatic rings. The van der Waals surface area contributed by atoms with E-state index in [1.807, 2.05) is 42.5 Å². The van der Waals surface area contributed by atoms with Gasteiger partial charge < -0.3 is 9.64 Å². The number of benzene rings is 2. The fourth-order valence-corrected chi connectivity index (χ4v) is 2.91. The van der Waals surface area contributed by atoms with Crippen molar-refractivity contribution in [1.29, 1.82) is 0 Å². The molecule has 0 unspecified atom stereocenters. The number of fused-ring (bicyclic) bond motifs is 1. The molecule has 1 aromatic heterocycles. The van der Waals surface area contributed by atoms with E-state index in [1.54, 1.807) is 23.7 Å². The third-order valence-corrected chi connectivity index (χ3v) is 4.27. The number of halogens is 1. The number of carbonyl (C=O) groups excluding carboxylic acids is 1. The van der Waals surface area contributed by atoms with E-state index in [-0.39, 0.29) is 12.5 Å². The van der Waals surface area contributed by atoms with Crippen molar-refractivity contribution >= 4 is 32.9 Å².